The van der Waals surface area contributed by atoms with E-state index in [0.717, 1.165) is 56.4 Å². The summed E-state index contributed by atoms with van der Waals surface area (Å²) in [4.78, 5) is 14.1. The number of likely N-dealkylation sites (tertiary alicyclic amines) is 1. The van der Waals surface area contributed by atoms with Crippen molar-refractivity contribution in [3.63, 3.8) is 0 Å². The molecule has 1 saturated heterocycles. The Labute approximate surface area is 226 Å². The Morgan fingerprint density at radius 1 is 0.974 bits per heavy atom. The third-order valence-electron chi connectivity index (χ3n) is 8.18. The average molecular weight is 512 g/mol. The fourth-order valence-electron chi connectivity index (χ4n) is 6.57. The van der Waals surface area contributed by atoms with Crippen molar-refractivity contribution < 1.29 is 14.3 Å². The van der Waals surface area contributed by atoms with Crippen LogP contribution in [0, 0.1) is 26.7 Å². The summed E-state index contributed by atoms with van der Waals surface area (Å²) in [6.07, 6.45) is 4.49. The van der Waals surface area contributed by atoms with Crippen LogP contribution in [0.15, 0.2) is 54.6 Å². The normalized spacial score (nSPS) is 16.2. The van der Waals surface area contributed by atoms with Gasteiger partial charge in [-0.25, -0.2) is 4.79 Å². The number of carboxylic acid groups (broad SMARTS) is 1. The molecule has 2 aliphatic rings. The molecule has 0 radical (unpaired) electrons. The topological polar surface area (TPSA) is 40.5 Å². The van der Waals surface area contributed by atoms with Crippen molar-refractivity contribution in [3.05, 3.63) is 105 Å². The standard InChI is InChI=1S/C34H38FNO2/c1-22-16-23(2)32(24(3)17-22)31-7-4-6-28-19-29(34(37)38)12-13-30(28)33(31)27-10-8-25(9-11-27)18-26-20-36(21-26)15-5-14-35/h8-13,16-17,19,26H,4-7,14-15,18,20-21H2,1-3H3,(H,37,38). The van der Waals surface area contributed by atoms with Crippen molar-refractivity contribution in [3.8, 4) is 0 Å². The summed E-state index contributed by atoms with van der Waals surface area (Å²) in [5, 5.41) is 9.62. The summed E-state index contributed by atoms with van der Waals surface area (Å²) in [6.45, 7) is 9.31. The van der Waals surface area contributed by atoms with Crippen molar-refractivity contribution in [1.82, 2.24) is 4.90 Å². The second-order valence-corrected chi connectivity index (χ2v) is 11.2. The Bertz CT molecular complexity index is 1340. The monoisotopic (exact) mass is 511 g/mol. The van der Waals surface area contributed by atoms with Gasteiger partial charge in [0.2, 0.25) is 0 Å². The number of aromatic carboxylic acids is 1. The lowest BCUT2D eigenvalue weighted by Gasteiger charge is -2.39. The minimum atomic E-state index is -0.878. The highest BCUT2D eigenvalue weighted by atomic mass is 19.1. The molecule has 0 spiro atoms. The Morgan fingerprint density at radius 3 is 2.34 bits per heavy atom. The van der Waals surface area contributed by atoms with Crippen LogP contribution in [0.4, 0.5) is 4.39 Å². The molecular formula is C34H38FNO2. The van der Waals surface area contributed by atoms with Gasteiger partial charge in [-0.1, -0.05) is 48.0 Å². The highest BCUT2D eigenvalue weighted by molar-refractivity contribution is 6.01. The number of nitrogens with zero attached hydrogens (tertiary/aromatic N) is 1. The molecule has 1 fully saturated rings. The number of hydrogen-bond acceptors (Lipinski definition) is 2. The van der Waals surface area contributed by atoms with Gasteiger partial charge in [0.1, 0.15) is 0 Å². The van der Waals surface area contributed by atoms with Gasteiger partial charge in [0.25, 0.3) is 0 Å². The smallest absolute Gasteiger partial charge is 0.335 e. The predicted molar refractivity (Wildman–Crippen MR) is 154 cm³/mol. The first-order valence-electron chi connectivity index (χ1n) is 13.9. The zero-order valence-corrected chi connectivity index (χ0v) is 22.8. The molecule has 0 aromatic heterocycles. The highest BCUT2D eigenvalue weighted by Gasteiger charge is 2.27. The molecule has 0 unspecified atom stereocenters. The Hall–Kier alpha value is -3.24. The van der Waals surface area contributed by atoms with Crippen LogP contribution in [0.1, 0.15) is 74.1 Å². The molecule has 3 aromatic rings. The van der Waals surface area contributed by atoms with E-state index in [2.05, 4.69) is 62.1 Å². The largest absolute Gasteiger partial charge is 0.478 e. The minimum absolute atomic E-state index is 0.233. The van der Waals surface area contributed by atoms with E-state index in [-0.39, 0.29) is 6.67 Å². The third-order valence-corrected chi connectivity index (χ3v) is 8.18. The number of carboxylic acids is 1. The lowest BCUT2D eigenvalue weighted by molar-refractivity contribution is 0.0696. The van der Waals surface area contributed by atoms with E-state index >= 15 is 0 Å². The lowest BCUT2D eigenvalue weighted by atomic mass is 9.83. The Balaban J connectivity index is 1.54. The second kappa shape index (κ2) is 11.2. The maximum atomic E-state index is 12.5. The number of fused-ring (bicyclic) bond motifs is 1. The van der Waals surface area contributed by atoms with Crippen LogP contribution in [0.3, 0.4) is 0 Å². The summed E-state index contributed by atoms with van der Waals surface area (Å²) in [5.74, 6) is -0.238. The van der Waals surface area contributed by atoms with Gasteiger partial charge in [0.05, 0.1) is 12.2 Å². The molecule has 5 rings (SSSR count). The molecule has 198 valence electrons. The number of rotatable bonds is 8. The first-order valence-corrected chi connectivity index (χ1v) is 13.9. The third kappa shape index (κ3) is 5.47. The van der Waals surface area contributed by atoms with Crippen LogP contribution in [-0.4, -0.2) is 42.3 Å². The highest BCUT2D eigenvalue weighted by Crippen LogP contribution is 2.42. The molecule has 4 heteroatoms. The Kier molecular flexibility index (Phi) is 7.80. The summed E-state index contributed by atoms with van der Waals surface area (Å²) < 4.78 is 12.5. The van der Waals surface area contributed by atoms with Gasteiger partial charge in [0.15, 0.2) is 0 Å². The number of alkyl halides is 1. The van der Waals surface area contributed by atoms with E-state index in [4.69, 9.17) is 0 Å². The molecule has 0 atom stereocenters. The van der Waals surface area contributed by atoms with Crippen molar-refractivity contribution >= 4 is 17.1 Å². The van der Waals surface area contributed by atoms with Crippen LogP contribution in [0.2, 0.25) is 0 Å². The van der Waals surface area contributed by atoms with Crippen LogP contribution < -0.4 is 0 Å². The van der Waals surface area contributed by atoms with Gasteiger partial charge in [0, 0.05) is 19.6 Å². The van der Waals surface area contributed by atoms with E-state index in [1.54, 1.807) is 6.07 Å². The molecule has 1 N–H and O–H groups in total. The molecule has 1 aliphatic carbocycles. The summed E-state index contributed by atoms with van der Waals surface area (Å²) in [5.41, 5.74) is 12.9. The SMILES string of the molecule is Cc1cc(C)c(C2=C(c3ccc(CC4CN(CCCF)C4)cc3)c3ccc(C(=O)O)cc3CCC2)c(C)c1. The first kappa shape index (κ1) is 26.4. The summed E-state index contributed by atoms with van der Waals surface area (Å²) in [6, 6.07) is 19.2. The first-order chi connectivity index (χ1) is 18.3. The van der Waals surface area contributed by atoms with E-state index < -0.39 is 5.97 Å². The fourth-order valence-corrected chi connectivity index (χ4v) is 6.57. The molecular weight excluding hydrogens is 473 g/mol. The van der Waals surface area contributed by atoms with E-state index in [9.17, 15) is 14.3 Å². The number of halogens is 1. The van der Waals surface area contributed by atoms with Crippen molar-refractivity contribution in [2.75, 3.05) is 26.3 Å². The van der Waals surface area contributed by atoms with E-state index in [0.29, 0.717) is 17.9 Å². The van der Waals surface area contributed by atoms with Crippen LogP contribution in [-0.2, 0) is 12.8 Å². The van der Waals surface area contributed by atoms with E-state index in [1.807, 2.05) is 12.1 Å². The molecule has 38 heavy (non-hydrogen) atoms. The lowest BCUT2D eigenvalue weighted by Crippen LogP contribution is -2.47. The van der Waals surface area contributed by atoms with Gasteiger partial charge in [-0.15, -0.1) is 0 Å². The summed E-state index contributed by atoms with van der Waals surface area (Å²) >= 11 is 0. The van der Waals surface area contributed by atoms with Gasteiger partial charge in [-0.2, -0.15) is 0 Å². The van der Waals surface area contributed by atoms with Gasteiger partial charge in [-0.3, -0.25) is 4.39 Å². The molecule has 1 aliphatic heterocycles. The second-order valence-electron chi connectivity index (χ2n) is 11.2. The van der Waals surface area contributed by atoms with Crippen molar-refractivity contribution in [2.45, 2.75) is 52.9 Å². The summed E-state index contributed by atoms with van der Waals surface area (Å²) in [7, 11) is 0. The van der Waals surface area contributed by atoms with Crippen molar-refractivity contribution in [1.29, 1.82) is 0 Å². The molecule has 3 nitrogen and oxygen atoms in total. The quantitative estimate of drug-likeness (QED) is 0.342. The van der Waals surface area contributed by atoms with Crippen LogP contribution in [0.25, 0.3) is 11.1 Å². The molecule has 3 aromatic carbocycles. The molecule has 0 bridgehead atoms. The zero-order valence-electron chi connectivity index (χ0n) is 22.8. The number of hydrogen-bond donors (Lipinski definition) is 1. The van der Waals surface area contributed by atoms with Crippen LogP contribution >= 0.6 is 0 Å². The maximum absolute atomic E-state index is 12.5. The predicted octanol–water partition coefficient (Wildman–Crippen LogP) is 7.44. The van der Waals surface area contributed by atoms with Gasteiger partial charge < -0.3 is 10.0 Å². The number of carbonyl (C=O) groups is 1. The average Bonchev–Trinajstić information content (AvgIpc) is 3.04. The number of benzene rings is 3. The van der Waals surface area contributed by atoms with Crippen molar-refractivity contribution in [2.24, 2.45) is 5.92 Å². The fraction of sp³-hybridized carbons (Fsp3) is 0.382. The van der Waals surface area contributed by atoms with E-state index in [1.165, 1.54) is 44.5 Å². The van der Waals surface area contributed by atoms with Gasteiger partial charge in [-0.05, 0) is 121 Å². The molecule has 0 saturated carbocycles. The van der Waals surface area contributed by atoms with Gasteiger partial charge >= 0.3 is 5.97 Å². The number of allylic oxidation sites excluding steroid dienone is 1. The molecule has 1 heterocycles. The Morgan fingerprint density at radius 2 is 1.68 bits per heavy atom. The minimum Gasteiger partial charge on any atom is -0.478 e. The zero-order chi connectivity index (χ0) is 26.8. The molecule has 0 amide bonds. The van der Waals surface area contributed by atoms with Crippen LogP contribution in [0.5, 0.6) is 0 Å². The number of aryl methyl sites for hydroxylation is 4. The maximum Gasteiger partial charge on any atom is 0.335 e.